The predicted molar refractivity (Wildman–Crippen MR) is 134 cm³/mol. The summed E-state index contributed by atoms with van der Waals surface area (Å²) in [5.41, 5.74) is 6.26. The topological polar surface area (TPSA) is 37.3 Å². The maximum Gasteiger partial charge on any atom is 0.258 e. The number of amides is 1. The van der Waals surface area contributed by atoms with Crippen LogP contribution < -0.4 is 5.32 Å². The lowest BCUT2D eigenvalue weighted by molar-refractivity contribution is 0.0666. The number of hydrogen-bond acceptors (Lipinski definition) is 2. The number of aryl methyl sites for hydroxylation is 1. The van der Waals surface area contributed by atoms with Gasteiger partial charge in [-0.1, -0.05) is 66.7 Å². The first-order valence-corrected chi connectivity index (χ1v) is 11.5. The van der Waals surface area contributed by atoms with E-state index >= 15 is 0 Å². The third-order valence-corrected chi connectivity index (χ3v) is 6.65. The third kappa shape index (κ3) is 3.18. The van der Waals surface area contributed by atoms with Crippen LogP contribution in [0.15, 0.2) is 97.1 Å². The van der Waals surface area contributed by atoms with E-state index in [1.807, 2.05) is 47.4 Å². The van der Waals surface area contributed by atoms with Gasteiger partial charge < -0.3 is 14.8 Å². The molecule has 1 amide bonds. The van der Waals surface area contributed by atoms with E-state index in [1.165, 1.54) is 21.8 Å². The third-order valence-electron chi connectivity index (χ3n) is 6.65. The molecule has 0 bridgehead atoms. The molecule has 162 valence electrons. The SMILES string of the molecule is CCn1c2ccccc2c2cc(C3Nc4ccccc4C(=O)N3Cc3ccccc3)ccc21. The van der Waals surface area contributed by atoms with Crippen LogP contribution in [0, 0.1) is 0 Å². The van der Waals surface area contributed by atoms with Crippen molar-refractivity contribution in [2.24, 2.45) is 0 Å². The first-order valence-electron chi connectivity index (χ1n) is 11.5. The van der Waals surface area contributed by atoms with Crippen molar-refractivity contribution in [3.05, 3.63) is 114 Å². The van der Waals surface area contributed by atoms with Crippen molar-refractivity contribution in [2.45, 2.75) is 26.2 Å². The molecule has 4 aromatic carbocycles. The van der Waals surface area contributed by atoms with Crippen LogP contribution in [-0.4, -0.2) is 15.4 Å². The maximum absolute atomic E-state index is 13.6. The van der Waals surface area contributed by atoms with E-state index in [1.54, 1.807) is 0 Å². The fourth-order valence-electron chi connectivity index (χ4n) is 5.08. The number of rotatable bonds is 4. The van der Waals surface area contributed by atoms with Crippen molar-refractivity contribution in [3.8, 4) is 0 Å². The van der Waals surface area contributed by atoms with Crippen LogP contribution in [0.5, 0.6) is 0 Å². The van der Waals surface area contributed by atoms with Crippen LogP contribution in [0.4, 0.5) is 5.69 Å². The largest absolute Gasteiger partial charge is 0.361 e. The Balaban J connectivity index is 1.51. The second-order valence-corrected chi connectivity index (χ2v) is 8.55. The quantitative estimate of drug-likeness (QED) is 0.349. The summed E-state index contributed by atoms with van der Waals surface area (Å²) in [4.78, 5) is 15.6. The number of nitrogens with zero attached hydrogens (tertiary/aromatic N) is 2. The molecule has 1 aromatic heterocycles. The second kappa shape index (κ2) is 7.82. The summed E-state index contributed by atoms with van der Waals surface area (Å²) in [6.07, 6.45) is -0.249. The Morgan fingerprint density at radius 1 is 0.788 bits per heavy atom. The highest BCUT2D eigenvalue weighted by Gasteiger charge is 2.33. The second-order valence-electron chi connectivity index (χ2n) is 8.55. The van der Waals surface area contributed by atoms with Crippen molar-refractivity contribution in [2.75, 3.05) is 5.32 Å². The van der Waals surface area contributed by atoms with Crippen molar-refractivity contribution in [1.82, 2.24) is 9.47 Å². The molecular formula is C29H25N3O. The first kappa shape index (κ1) is 19.6. The molecule has 0 radical (unpaired) electrons. The lowest BCUT2D eigenvalue weighted by Crippen LogP contribution is -2.42. The van der Waals surface area contributed by atoms with Gasteiger partial charge in [0.15, 0.2) is 0 Å². The molecule has 4 heteroatoms. The Hall–Kier alpha value is -4.05. The van der Waals surface area contributed by atoms with Crippen molar-refractivity contribution < 1.29 is 4.79 Å². The van der Waals surface area contributed by atoms with Crippen molar-refractivity contribution in [3.63, 3.8) is 0 Å². The van der Waals surface area contributed by atoms with Gasteiger partial charge in [0.1, 0.15) is 6.17 Å². The highest BCUT2D eigenvalue weighted by molar-refractivity contribution is 6.08. The fourth-order valence-corrected chi connectivity index (χ4v) is 5.08. The van der Waals surface area contributed by atoms with Gasteiger partial charge in [0, 0.05) is 40.6 Å². The lowest BCUT2D eigenvalue weighted by Gasteiger charge is -2.38. The van der Waals surface area contributed by atoms with Gasteiger partial charge >= 0.3 is 0 Å². The lowest BCUT2D eigenvalue weighted by atomic mass is 10.0. The van der Waals surface area contributed by atoms with Crippen LogP contribution >= 0.6 is 0 Å². The van der Waals surface area contributed by atoms with Crippen molar-refractivity contribution >= 4 is 33.4 Å². The summed E-state index contributed by atoms with van der Waals surface area (Å²) in [5, 5.41) is 6.11. The van der Waals surface area contributed by atoms with E-state index in [0.717, 1.165) is 23.4 Å². The molecule has 0 fully saturated rings. The molecule has 1 atom stereocenters. The Morgan fingerprint density at radius 3 is 2.36 bits per heavy atom. The van der Waals surface area contributed by atoms with Gasteiger partial charge in [-0.15, -0.1) is 0 Å². The number of hydrogen-bond donors (Lipinski definition) is 1. The number of fused-ring (bicyclic) bond motifs is 4. The minimum Gasteiger partial charge on any atom is -0.361 e. The Labute approximate surface area is 193 Å². The zero-order chi connectivity index (χ0) is 22.4. The Kier molecular flexibility index (Phi) is 4.65. The molecule has 0 saturated heterocycles. The molecule has 1 aliphatic rings. The predicted octanol–water partition coefficient (Wildman–Crippen LogP) is 6.58. The van der Waals surface area contributed by atoms with E-state index in [2.05, 4.69) is 71.4 Å². The van der Waals surface area contributed by atoms with E-state index < -0.39 is 0 Å². The molecule has 33 heavy (non-hydrogen) atoms. The zero-order valence-electron chi connectivity index (χ0n) is 18.5. The van der Waals surface area contributed by atoms with Crippen molar-refractivity contribution in [1.29, 1.82) is 0 Å². The summed E-state index contributed by atoms with van der Waals surface area (Å²) in [5.74, 6) is 0.0503. The summed E-state index contributed by atoms with van der Waals surface area (Å²) in [6, 6.07) is 33.1. The molecule has 6 rings (SSSR count). The van der Waals surface area contributed by atoms with E-state index in [0.29, 0.717) is 12.1 Å². The van der Waals surface area contributed by atoms with Crippen LogP contribution in [0.2, 0.25) is 0 Å². The van der Waals surface area contributed by atoms with Gasteiger partial charge in [-0.05, 0) is 48.4 Å². The maximum atomic E-state index is 13.6. The minimum atomic E-state index is -0.249. The van der Waals surface area contributed by atoms with Gasteiger partial charge in [-0.3, -0.25) is 4.79 Å². The fraction of sp³-hybridized carbons (Fsp3) is 0.138. The molecule has 1 aliphatic heterocycles. The van der Waals surface area contributed by atoms with Crippen LogP contribution in [-0.2, 0) is 13.1 Å². The Bertz CT molecular complexity index is 1490. The average Bonchev–Trinajstić information content (AvgIpc) is 3.19. The number of carbonyl (C=O) groups excluding carboxylic acids is 1. The number of nitrogens with one attached hydrogen (secondary N) is 1. The minimum absolute atomic E-state index is 0.0503. The van der Waals surface area contributed by atoms with E-state index in [-0.39, 0.29) is 12.1 Å². The summed E-state index contributed by atoms with van der Waals surface area (Å²) < 4.78 is 2.35. The molecule has 1 N–H and O–H groups in total. The number of benzene rings is 4. The molecular weight excluding hydrogens is 406 g/mol. The monoisotopic (exact) mass is 431 g/mol. The average molecular weight is 432 g/mol. The molecule has 1 unspecified atom stereocenters. The standard InChI is InChI=1S/C29H25N3O/c1-2-31-26-15-9-7-12-22(26)24-18-21(16-17-27(24)31)28-30-25-14-8-6-13-23(25)29(33)32(28)19-20-10-4-3-5-11-20/h3-18,28,30H,2,19H2,1H3. The van der Waals surface area contributed by atoms with Crippen LogP contribution in [0.25, 0.3) is 21.8 Å². The van der Waals surface area contributed by atoms with Gasteiger partial charge in [0.05, 0.1) is 5.56 Å². The summed E-state index contributed by atoms with van der Waals surface area (Å²) >= 11 is 0. The molecule has 0 saturated carbocycles. The number of carbonyl (C=O) groups is 1. The molecule has 0 spiro atoms. The van der Waals surface area contributed by atoms with Gasteiger partial charge in [-0.2, -0.15) is 0 Å². The van der Waals surface area contributed by atoms with Gasteiger partial charge in [-0.25, -0.2) is 0 Å². The Morgan fingerprint density at radius 2 is 1.52 bits per heavy atom. The summed E-state index contributed by atoms with van der Waals surface area (Å²) in [7, 11) is 0. The number of para-hydroxylation sites is 2. The normalized spacial score (nSPS) is 15.6. The van der Waals surface area contributed by atoms with Gasteiger partial charge in [0.25, 0.3) is 5.91 Å². The molecule has 2 heterocycles. The number of aromatic nitrogens is 1. The summed E-state index contributed by atoms with van der Waals surface area (Å²) in [6.45, 7) is 3.64. The highest BCUT2D eigenvalue weighted by Crippen LogP contribution is 2.37. The molecule has 0 aliphatic carbocycles. The van der Waals surface area contributed by atoms with E-state index in [4.69, 9.17) is 0 Å². The van der Waals surface area contributed by atoms with Crippen LogP contribution in [0.3, 0.4) is 0 Å². The number of anilines is 1. The highest BCUT2D eigenvalue weighted by atomic mass is 16.2. The zero-order valence-corrected chi connectivity index (χ0v) is 18.5. The van der Waals surface area contributed by atoms with E-state index in [9.17, 15) is 4.79 Å². The molecule has 5 aromatic rings. The first-order chi connectivity index (χ1) is 16.2. The van der Waals surface area contributed by atoms with Gasteiger partial charge in [0.2, 0.25) is 0 Å². The van der Waals surface area contributed by atoms with Crippen LogP contribution in [0.1, 0.15) is 34.6 Å². The molecule has 4 nitrogen and oxygen atoms in total. The smallest absolute Gasteiger partial charge is 0.258 e.